The van der Waals surface area contributed by atoms with Gasteiger partial charge < -0.3 is 10.5 Å². The topological polar surface area (TPSA) is 35.2 Å². The number of hydrogen-bond acceptors (Lipinski definition) is 2. The molecule has 0 aromatic rings. The van der Waals surface area contributed by atoms with Crippen LogP contribution in [0, 0.1) is 0 Å². The van der Waals surface area contributed by atoms with Gasteiger partial charge in [0.25, 0.3) is 5.17 Å². The molecule has 2 N–H and O–H groups in total. The zero-order valence-electron chi connectivity index (χ0n) is 6.09. The van der Waals surface area contributed by atoms with Crippen LogP contribution in [0.25, 0.3) is 0 Å². The minimum absolute atomic E-state index is 0.0824. The van der Waals surface area contributed by atoms with Gasteiger partial charge in [-0.25, -0.2) is 0 Å². The number of ether oxygens (including phenoxy) is 1. The monoisotopic (exact) mass is 223 g/mol. The highest BCUT2D eigenvalue weighted by Gasteiger charge is 2.29. The Hall–Kier alpha value is -0.250. The number of rotatable bonds is 1. The van der Waals surface area contributed by atoms with Crippen LogP contribution in [0.2, 0.25) is 0 Å². The van der Waals surface area contributed by atoms with Crippen LogP contribution in [-0.2, 0) is 4.74 Å². The van der Waals surface area contributed by atoms with Gasteiger partial charge in [-0.1, -0.05) is 29.3 Å². The molecule has 0 spiro atoms. The number of thiocarbonyl (C=S) groups is 1. The third kappa shape index (κ3) is 2.66. The van der Waals surface area contributed by atoms with E-state index in [2.05, 4.69) is 12.2 Å². The molecule has 1 aliphatic carbocycles. The molecule has 2 nitrogen and oxygen atoms in total. The van der Waals surface area contributed by atoms with Crippen LogP contribution >= 0.6 is 35.4 Å². The van der Waals surface area contributed by atoms with Crippen LogP contribution < -0.4 is 5.73 Å². The Balaban J connectivity index is 2.69. The molecule has 0 saturated heterocycles. The van der Waals surface area contributed by atoms with Crippen LogP contribution in [0.1, 0.15) is 6.42 Å². The summed E-state index contributed by atoms with van der Waals surface area (Å²) in [5.41, 5.74) is 5.18. The lowest BCUT2D eigenvalue weighted by Crippen LogP contribution is -2.30. The van der Waals surface area contributed by atoms with Crippen molar-refractivity contribution in [2.75, 3.05) is 0 Å². The maximum atomic E-state index is 5.96. The summed E-state index contributed by atoms with van der Waals surface area (Å²) in [5.74, 6) is 0. The predicted molar refractivity (Wildman–Crippen MR) is 54.1 cm³/mol. The van der Waals surface area contributed by atoms with Gasteiger partial charge in [-0.2, -0.15) is 0 Å². The second-order valence-corrected chi connectivity index (χ2v) is 3.88. The van der Waals surface area contributed by atoms with Gasteiger partial charge in [0, 0.05) is 11.5 Å². The van der Waals surface area contributed by atoms with Gasteiger partial charge in [0.05, 0.1) is 0 Å². The molecular formula is C7H7Cl2NOS. The van der Waals surface area contributed by atoms with E-state index >= 15 is 0 Å². The maximum absolute atomic E-state index is 5.96. The average Bonchev–Trinajstić information content (AvgIpc) is 1.82. The minimum atomic E-state index is -1.00. The quantitative estimate of drug-likeness (QED) is 0.548. The third-order valence-corrected chi connectivity index (χ3v) is 1.98. The standard InChI is InChI=1S/C7H7Cl2NOS/c8-5-2-1-3-7(9,4-5)11-6(10)12/h1-3H,4H2,(H2,10,12). The molecular weight excluding hydrogens is 217 g/mol. The van der Waals surface area contributed by atoms with Gasteiger partial charge in [0.2, 0.25) is 5.06 Å². The van der Waals surface area contributed by atoms with Crippen molar-refractivity contribution in [3.05, 3.63) is 23.3 Å². The van der Waals surface area contributed by atoms with Crippen molar-refractivity contribution in [1.82, 2.24) is 0 Å². The summed E-state index contributed by atoms with van der Waals surface area (Å²) in [5, 5.41) is -0.470. The van der Waals surface area contributed by atoms with Crippen LogP contribution in [0.15, 0.2) is 23.3 Å². The molecule has 0 amide bonds. The van der Waals surface area contributed by atoms with E-state index in [0.717, 1.165) is 0 Å². The first-order chi connectivity index (χ1) is 5.52. The molecule has 0 aromatic carbocycles. The molecule has 1 unspecified atom stereocenters. The van der Waals surface area contributed by atoms with Gasteiger partial charge >= 0.3 is 0 Å². The smallest absolute Gasteiger partial charge is 0.255 e. The molecule has 5 heteroatoms. The number of hydrogen-bond donors (Lipinski definition) is 1. The molecule has 0 aromatic heterocycles. The molecule has 12 heavy (non-hydrogen) atoms. The Morgan fingerprint density at radius 3 is 2.92 bits per heavy atom. The van der Waals surface area contributed by atoms with E-state index in [1.165, 1.54) is 0 Å². The third-order valence-electron chi connectivity index (χ3n) is 1.30. The summed E-state index contributed by atoms with van der Waals surface area (Å²) < 4.78 is 5.01. The summed E-state index contributed by atoms with van der Waals surface area (Å²) >= 11 is 16.3. The van der Waals surface area contributed by atoms with E-state index in [4.69, 9.17) is 33.7 Å². The Kier molecular flexibility index (Phi) is 2.99. The first kappa shape index (κ1) is 9.84. The fourth-order valence-corrected chi connectivity index (χ4v) is 1.72. The Bertz CT molecular complexity index is 260. The zero-order valence-corrected chi connectivity index (χ0v) is 8.42. The van der Waals surface area contributed by atoms with Crippen LogP contribution in [0.4, 0.5) is 0 Å². The fraction of sp³-hybridized carbons (Fsp3) is 0.286. The first-order valence-electron chi connectivity index (χ1n) is 3.23. The van der Waals surface area contributed by atoms with E-state index < -0.39 is 5.06 Å². The lowest BCUT2D eigenvalue weighted by molar-refractivity contribution is 0.197. The number of allylic oxidation sites excluding steroid dienone is 2. The number of nitrogens with two attached hydrogens (primary N) is 1. The minimum Gasteiger partial charge on any atom is -0.444 e. The summed E-state index contributed by atoms with van der Waals surface area (Å²) in [6, 6.07) is 0. The van der Waals surface area contributed by atoms with Gasteiger partial charge in [-0.3, -0.25) is 0 Å². The van der Waals surface area contributed by atoms with Crippen molar-refractivity contribution in [2.45, 2.75) is 11.5 Å². The van der Waals surface area contributed by atoms with Gasteiger partial charge in [0.15, 0.2) is 0 Å². The van der Waals surface area contributed by atoms with Crippen LogP contribution in [0.3, 0.4) is 0 Å². The number of halogens is 2. The summed E-state index contributed by atoms with van der Waals surface area (Å²) in [6.45, 7) is 0. The van der Waals surface area contributed by atoms with Gasteiger partial charge in [0.1, 0.15) is 0 Å². The van der Waals surface area contributed by atoms with Gasteiger partial charge in [-0.05, 0) is 24.4 Å². The molecule has 1 atom stereocenters. The van der Waals surface area contributed by atoms with E-state index in [-0.39, 0.29) is 5.17 Å². The molecule has 0 heterocycles. The molecule has 1 rings (SSSR count). The molecule has 0 aliphatic heterocycles. The van der Waals surface area contributed by atoms with Crippen molar-refractivity contribution in [3.8, 4) is 0 Å². The van der Waals surface area contributed by atoms with E-state index in [0.29, 0.717) is 11.5 Å². The largest absolute Gasteiger partial charge is 0.444 e. The SMILES string of the molecule is NC(=S)OC1(Cl)C=CC=C(Cl)C1. The lowest BCUT2D eigenvalue weighted by Gasteiger charge is -2.25. The fourth-order valence-electron chi connectivity index (χ4n) is 0.882. The highest BCUT2D eigenvalue weighted by molar-refractivity contribution is 7.80. The predicted octanol–water partition coefficient (Wildman–Crippen LogP) is 2.26. The lowest BCUT2D eigenvalue weighted by atomic mass is 10.1. The first-order valence-corrected chi connectivity index (χ1v) is 4.39. The average molecular weight is 224 g/mol. The van der Waals surface area contributed by atoms with E-state index in [1.54, 1.807) is 18.2 Å². The molecule has 0 bridgehead atoms. The maximum Gasteiger partial charge on any atom is 0.255 e. The summed E-state index contributed by atoms with van der Waals surface area (Å²) in [6.07, 6.45) is 5.48. The van der Waals surface area contributed by atoms with Crippen LogP contribution in [-0.4, -0.2) is 10.2 Å². The van der Waals surface area contributed by atoms with Crippen molar-refractivity contribution in [3.63, 3.8) is 0 Å². The Labute approximate surface area is 86.0 Å². The van der Waals surface area contributed by atoms with Crippen molar-refractivity contribution in [2.24, 2.45) is 5.73 Å². The Morgan fingerprint density at radius 2 is 2.42 bits per heavy atom. The van der Waals surface area contributed by atoms with Crippen molar-refractivity contribution >= 4 is 40.6 Å². The highest BCUT2D eigenvalue weighted by Crippen LogP contribution is 2.32. The van der Waals surface area contributed by atoms with E-state index in [1.807, 2.05) is 0 Å². The summed E-state index contributed by atoms with van der Waals surface area (Å²) in [4.78, 5) is 0. The van der Waals surface area contributed by atoms with E-state index in [9.17, 15) is 0 Å². The van der Waals surface area contributed by atoms with Gasteiger partial charge in [-0.15, -0.1) is 0 Å². The van der Waals surface area contributed by atoms with Crippen molar-refractivity contribution in [1.29, 1.82) is 0 Å². The zero-order chi connectivity index (χ0) is 9.19. The second kappa shape index (κ2) is 3.64. The normalized spacial score (nSPS) is 28.0. The molecule has 1 aliphatic rings. The number of alkyl halides is 1. The second-order valence-electron chi connectivity index (χ2n) is 2.36. The summed E-state index contributed by atoms with van der Waals surface area (Å²) in [7, 11) is 0. The van der Waals surface area contributed by atoms with Crippen molar-refractivity contribution < 1.29 is 4.74 Å². The molecule has 66 valence electrons. The Morgan fingerprint density at radius 1 is 1.75 bits per heavy atom. The molecule has 0 saturated carbocycles. The van der Waals surface area contributed by atoms with Crippen LogP contribution in [0.5, 0.6) is 0 Å². The molecule has 0 fully saturated rings. The highest BCUT2D eigenvalue weighted by atomic mass is 35.5. The molecule has 0 radical (unpaired) electrons.